The Hall–Kier alpha value is -1.63. The average molecular weight is 292 g/mol. The molecule has 0 radical (unpaired) electrons. The summed E-state index contributed by atoms with van der Waals surface area (Å²) in [4.78, 5) is 15.0. The topological polar surface area (TPSA) is 100 Å². The number of anilines is 3. The minimum atomic E-state index is -0.210. The lowest BCUT2D eigenvalue weighted by Gasteiger charge is -2.26. The fraction of sp³-hybridized carbons (Fsp3) is 0.786. The Kier molecular flexibility index (Phi) is 4.38. The van der Waals surface area contributed by atoms with Crippen molar-refractivity contribution in [3.05, 3.63) is 0 Å². The Labute approximate surface area is 125 Å². The van der Waals surface area contributed by atoms with Gasteiger partial charge in [-0.05, 0) is 32.1 Å². The summed E-state index contributed by atoms with van der Waals surface area (Å²) in [5, 5.41) is 13.1. The first-order valence-electron chi connectivity index (χ1n) is 7.91. The van der Waals surface area contributed by atoms with E-state index in [0.717, 1.165) is 32.4 Å². The molecular formula is C14H24N6O. The molecule has 7 nitrogen and oxygen atoms in total. The van der Waals surface area contributed by atoms with Crippen LogP contribution in [0.1, 0.15) is 38.5 Å². The van der Waals surface area contributed by atoms with Crippen LogP contribution in [0.4, 0.5) is 17.8 Å². The number of aliphatic hydroxyl groups is 1. The van der Waals surface area contributed by atoms with Gasteiger partial charge in [-0.25, -0.2) is 0 Å². The van der Waals surface area contributed by atoms with Gasteiger partial charge in [0.05, 0.1) is 6.10 Å². The van der Waals surface area contributed by atoms with E-state index in [9.17, 15) is 5.11 Å². The van der Waals surface area contributed by atoms with Gasteiger partial charge in [0.25, 0.3) is 0 Å². The maximum atomic E-state index is 9.85. The van der Waals surface area contributed by atoms with Crippen LogP contribution in [0.15, 0.2) is 0 Å². The number of nitrogens with zero attached hydrogens (tertiary/aromatic N) is 4. The first-order valence-corrected chi connectivity index (χ1v) is 7.91. The average Bonchev–Trinajstić information content (AvgIpc) is 2.91. The maximum absolute atomic E-state index is 9.85. The van der Waals surface area contributed by atoms with Gasteiger partial charge in [-0.15, -0.1) is 0 Å². The monoisotopic (exact) mass is 292 g/mol. The molecule has 4 N–H and O–H groups in total. The van der Waals surface area contributed by atoms with Gasteiger partial charge in [0, 0.05) is 25.6 Å². The minimum Gasteiger partial charge on any atom is -0.393 e. The molecule has 3 rings (SSSR count). The molecule has 1 aromatic heterocycles. The zero-order chi connectivity index (χ0) is 14.7. The Bertz CT molecular complexity index is 477. The highest BCUT2D eigenvalue weighted by Gasteiger charge is 2.25. The summed E-state index contributed by atoms with van der Waals surface area (Å²) in [6.07, 6.45) is 6.43. The molecule has 2 aliphatic rings. The van der Waals surface area contributed by atoms with Crippen LogP contribution in [0.3, 0.4) is 0 Å². The fourth-order valence-electron chi connectivity index (χ4n) is 3.17. The number of hydrogen-bond acceptors (Lipinski definition) is 7. The number of aliphatic hydroxyl groups excluding tert-OH is 1. The van der Waals surface area contributed by atoms with Gasteiger partial charge >= 0.3 is 0 Å². The van der Waals surface area contributed by atoms with Crippen molar-refractivity contribution in [1.82, 2.24) is 15.0 Å². The van der Waals surface area contributed by atoms with Crippen LogP contribution < -0.4 is 16.0 Å². The van der Waals surface area contributed by atoms with Crippen molar-refractivity contribution in [2.45, 2.75) is 44.6 Å². The first-order chi connectivity index (χ1) is 10.2. The minimum absolute atomic E-state index is 0.210. The van der Waals surface area contributed by atoms with E-state index in [4.69, 9.17) is 5.73 Å². The molecule has 1 aliphatic heterocycles. The summed E-state index contributed by atoms with van der Waals surface area (Å²) in [5.74, 6) is 1.71. The summed E-state index contributed by atoms with van der Waals surface area (Å²) in [6.45, 7) is 2.64. The van der Waals surface area contributed by atoms with Gasteiger partial charge in [-0.2, -0.15) is 15.0 Å². The standard InChI is InChI=1S/C14H24N6O/c15-12-17-13(16-9-10-5-4-6-11(10)21)19-14(18-12)20-7-2-1-3-8-20/h10-11,21H,1-9H2,(H3,15,16,17,18,19). The van der Waals surface area contributed by atoms with E-state index in [2.05, 4.69) is 25.2 Å². The Balaban J connectivity index is 1.65. The summed E-state index contributed by atoms with van der Waals surface area (Å²) >= 11 is 0. The number of rotatable bonds is 4. The summed E-state index contributed by atoms with van der Waals surface area (Å²) in [6, 6.07) is 0. The van der Waals surface area contributed by atoms with Crippen LogP contribution in [0.2, 0.25) is 0 Å². The second kappa shape index (κ2) is 6.43. The van der Waals surface area contributed by atoms with Crippen LogP contribution in [0.25, 0.3) is 0 Å². The van der Waals surface area contributed by atoms with Gasteiger partial charge in [0.15, 0.2) is 0 Å². The van der Waals surface area contributed by atoms with E-state index < -0.39 is 0 Å². The van der Waals surface area contributed by atoms with Crippen LogP contribution in [-0.4, -0.2) is 45.8 Å². The molecule has 0 amide bonds. The summed E-state index contributed by atoms with van der Waals surface area (Å²) < 4.78 is 0. The number of nitrogens with two attached hydrogens (primary N) is 1. The molecule has 1 aromatic rings. The quantitative estimate of drug-likeness (QED) is 0.761. The molecule has 21 heavy (non-hydrogen) atoms. The third-order valence-electron chi connectivity index (χ3n) is 4.42. The zero-order valence-corrected chi connectivity index (χ0v) is 12.3. The number of piperidine rings is 1. The predicted molar refractivity (Wildman–Crippen MR) is 82.1 cm³/mol. The molecule has 1 aliphatic carbocycles. The van der Waals surface area contributed by atoms with E-state index in [1.807, 2.05) is 0 Å². The summed E-state index contributed by atoms with van der Waals surface area (Å²) in [7, 11) is 0. The highest BCUT2D eigenvalue weighted by atomic mass is 16.3. The van der Waals surface area contributed by atoms with E-state index in [1.165, 1.54) is 19.3 Å². The number of nitrogens with one attached hydrogen (secondary N) is 1. The predicted octanol–water partition coefficient (Wildman–Crippen LogP) is 1.02. The van der Waals surface area contributed by atoms with Crippen LogP contribution in [0.5, 0.6) is 0 Å². The largest absolute Gasteiger partial charge is 0.393 e. The van der Waals surface area contributed by atoms with E-state index >= 15 is 0 Å². The van der Waals surface area contributed by atoms with E-state index in [1.54, 1.807) is 0 Å². The highest BCUT2D eigenvalue weighted by Crippen LogP contribution is 2.25. The molecule has 1 saturated carbocycles. The molecule has 2 unspecified atom stereocenters. The fourth-order valence-corrected chi connectivity index (χ4v) is 3.17. The summed E-state index contributed by atoms with van der Waals surface area (Å²) in [5.41, 5.74) is 5.80. The zero-order valence-electron chi connectivity index (χ0n) is 12.3. The molecule has 1 saturated heterocycles. The molecule has 2 fully saturated rings. The number of nitrogen functional groups attached to an aromatic ring is 1. The molecule has 116 valence electrons. The van der Waals surface area contributed by atoms with Crippen LogP contribution in [0, 0.1) is 5.92 Å². The lowest BCUT2D eigenvalue weighted by Crippen LogP contribution is -2.31. The van der Waals surface area contributed by atoms with E-state index in [-0.39, 0.29) is 18.0 Å². The second-order valence-corrected chi connectivity index (χ2v) is 6.00. The third-order valence-corrected chi connectivity index (χ3v) is 4.42. The maximum Gasteiger partial charge on any atom is 0.231 e. The Morgan fingerprint density at radius 2 is 1.90 bits per heavy atom. The highest BCUT2D eigenvalue weighted by molar-refractivity contribution is 5.42. The third kappa shape index (κ3) is 3.53. The van der Waals surface area contributed by atoms with Gasteiger partial charge in [0.2, 0.25) is 17.8 Å². The Morgan fingerprint density at radius 3 is 2.62 bits per heavy atom. The number of hydrogen-bond donors (Lipinski definition) is 3. The molecule has 0 bridgehead atoms. The number of aromatic nitrogens is 3. The SMILES string of the molecule is Nc1nc(NCC2CCCC2O)nc(N2CCCCC2)n1. The van der Waals surface area contributed by atoms with Crippen molar-refractivity contribution in [2.75, 3.05) is 35.6 Å². The van der Waals surface area contributed by atoms with Crippen LogP contribution >= 0.6 is 0 Å². The van der Waals surface area contributed by atoms with Crippen molar-refractivity contribution in [3.8, 4) is 0 Å². The molecule has 0 aromatic carbocycles. The molecule has 0 spiro atoms. The second-order valence-electron chi connectivity index (χ2n) is 6.00. The lowest BCUT2D eigenvalue weighted by atomic mass is 10.1. The molecule has 2 heterocycles. The van der Waals surface area contributed by atoms with Crippen molar-refractivity contribution in [2.24, 2.45) is 5.92 Å². The van der Waals surface area contributed by atoms with E-state index in [0.29, 0.717) is 18.4 Å². The van der Waals surface area contributed by atoms with Crippen molar-refractivity contribution in [1.29, 1.82) is 0 Å². The van der Waals surface area contributed by atoms with Crippen molar-refractivity contribution < 1.29 is 5.11 Å². The van der Waals surface area contributed by atoms with Crippen molar-refractivity contribution in [3.63, 3.8) is 0 Å². The first kappa shape index (κ1) is 14.3. The lowest BCUT2D eigenvalue weighted by molar-refractivity contribution is 0.138. The van der Waals surface area contributed by atoms with Crippen molar-refractivity contribution >= 4 is 17.8 Å². The molecular weight excluding hydrogens is 268 g/mol. The normalized spacial score (nSPS) is 26.0. The molecule has 7 heteroatoms. The Morgan fingerprint density at radius 1 is 1.10 bits per heavy atom. The smallest absolute Gasteiger partial charge is 0.231 e. The van der Waals surface area contributed by atoms with Gasteiger partial charge in [-0.3, -0.25) is 0 Å². The van der Waals surface area contributed by atoms with Gasteiger partial charge in [0.1, 0.15) is 0 Å². The van der Waals surface area contributed by atoms with Crippen LogP contribution in [-0.2, 0) is 0 Å². The van der Waals surface area contributed by atoms with Gasteiger partial charge < -0.3 is 21.1 Å². The van der Waals surface area contributed by atoms with Gasteiger partial charge in [-0.1, -0.05) is 6.42 Å². The molecule has 2 atom stereocenters.